The number of fused-ring (bicyclic) bond motifs is 1. The number of aromatic nitrogens is 4. The molecule has 3 rings (SSSR count). The zero-order valence-electron chi connectivity index (χ0n) is 12.9. The Balaban J connectivity index is 1.51. The van der Waals surface area contributed by atoms with E-state index in [4.69, 9.17) is 0 Å². The molecule has 3 aromatic rings. The molecule has 0 saturated heterocycles. The van der Waals surface area contributed by atoms with Crippen molar-refractivity contribution in [3.63, 3.8) is 0 Å². The minimum atomic E-state index is -0.282. The zero-order chi connectivity index (χ0) is 16.9. The van der Waals surface area contributed by atoms with Crippen LogP contribution in [0, 0.1) is 6.92 Å². The lowest BCUT2D eigenvalue weighted by molar-refractivity contribution is -0.118. The second-order valence-electron chi connectivity index (χ2n) is 5.03. The van der Waals surface area contributed by atoms with Gasteiger partial charge in [0.15, 0.2) is 4.34 Å². The Hall–Kier alpha value is -2.26. The summed E-state index contributed by atoms with van der Waals surface area (Å²) in [4.78, 5) is 24.2. The number of carbonyl (C=O) groups is 1. The quantitative estimate of drug-likeness (QED) is 0.666. The van der Waals surface area contributed by atoms with Gasteiger partial charge in [-0.15, -0.1) is 15.3 Å². The molecule has 1 N–H and O–H groups in total. The van der Waals surface area contributed by atoms with E-state index in [1.54, 1.807) is 6.92 Å². The number of amides is 1. The first-order valence-corrected chi connectivity index (χ1v) is 9.10. The van der Waals surface area contributed by atoms with Gasteiger partial charge in [-0.2, -0.15) is 4.52 Å². The van der Waals surface area contributed by atoms with E-state index < -0.39 is 0 Å². The summed E-state index contributed by atoms with van der Waals surface area (Å²) >= 11 is 2.53. The zero-order valence-corrected chi connectivity index (χ0v) is 14.6. The first-order chi connectivity index (χ1) is 11.6. The fraction of sp³-hybridized carbons (Fsp3) is 0.267. The van der Waals surface area contributed by atoms with Crippen LogP contribution in [0.25, 0.3) is 4.96 Å². The molecule has 0 atom stereocenters. The van der Waals surface area contributed by atoms with E-state index in [9.17, 15) is 9.59 Å². The van der Waals surface area contributed by atoms with Gasteiger partial charge in [0.2, 0.25) is 10.9 Å². The molecule has 9 heteroatoms. The fourth-order valence-corrected chi connectivity index (χ4v) is 3.71. The summed E-state index contributed by atoms with van der Waals surface area (Å²) in [5.74, 6) is 0.181. The van der Waals surface area contributed by atoms with E-state index in [-0.39, 0.29) is 17.2 Å². The lowest BCUT2D eigenvalue weighted by atomic mass is 10.1. The number of hydrogen-bond donors (Lipinski definition) is 1. The van der Waals surface area contributed by atoms with Crippen LogP contribution in [0.15, 0.2) is 39.5 Å². The molecule has 1 aromatic carbocycles. The highest BCUT2D eigenvalue weighted by Gasteiger charge is 2.11. The molecule has 0 radical (unpaired) electrons. The van der Waals surface area contributed by atoms with Crippen LogP contribution >= 0.6 is 23.1 Å². The van der Waals surface area contributed by atoms with Gasteiger partial charge in [-0.05, 0) is 18.9 Å². The number of rotatable bonds is 6. The molecule has 0 unspecified atom stereocenters. The van der Waals surface area contributed by atoms with Crippen molar-refractivity contribution in [1.82, 2.24) is 25.1 Å². The topological polar surface area (TPSA) is 89.2 Å². The van der Waals surface area contributed by atoms with Crippen molar-refractivity contribution in [2.45, 2.75) is 17.7 Å². The molecule has 0 spiro atoms. The molecule has 0 fully saturated rings. The Morgan fingerprint density at radius 3 is 2.88 bits per heavy atom. The molecule has 2 heterocycles. The van der Waals surface area contributed by atoms with E-state index in [2.05, 4.69) is 20.6 Å². The van der Waals surface area contributed by atoms with E-state index in [1.165, 1.54) is 33.2 Å². The minimum absolute atomic E-state index is 0.0650. The molecule has 2 aromatic heterocycles. The molecular formula is C15H15N5O2S2. The highest BCUT2D eigenvalue weighted by molar-refractivity contribution is 8.01. The maximum atomic E-state index is 11.9. The number of hydrogen-bond acceptors (Lipinski definition) is 7. The van der Waals surface area contributed by atoms with Gasteiger partial charge in [0.05, 0.1) is 5.75 Å². The summed E-state index contributed by atoms with van der Waals surface area (Å²) in [6, 6.07) is 9.98. The van der Waals surface area contributed by atoms with Gasteiger partial charge in [0.25, 0.3) is 5.56 Å². The monoisotopic (exact) mass is 361 g/mol. The predicted molar refractivity (Wildman–Crippen MR) is 93.5 cm³/mol. The first-order valence-electron chi connectivity index (χ1n) is 7.30. The number of aryl methyl sites for hydroxylation is 1. The maximum Gasteiger partial charge on any atom is 0.296 e. The Kier molecular flexibility index (Phi) is 5.21. The number of carbonyl (C=O) groups excluding carboxylic acids is 1. The smallest absolute Gasteiger partial charge is 0.296 e. The van der Waals surface area contributed by atoms with Crippen LogP contribution < -0.4 is 10.9 Å². The van der Waals surface area contributed by atoms with Gasteiger partial charge in [-0.1, -0.05) is 53.4 Å². The van der Waals surface area contributed by atoms with Crippen molar-refractivity contribution in [3.05, 3.63) is 51.9 Å². The van der Waals surface area contributed by atoms with Crippen LogP contribution in [0.5, 0.6) is 0 Å². The highest BCUT2D eigenvalue weighted by Crippen LogP contribution is 2.22. The Morgan fingerprint density at radius 2 is 2.08 bits per heavy atom. The third-order valence-electron chi connectivity index (χ3n) is 3.23. The molecular weight excluding hydrogens is 346 g/mol. The standard InChI is InChI=1S/C15H15N5O2S2/c1-10-13(22)20-14(18-17-10)24-15(19-20)23-9-12(21)16-8-7-11-5-3-2-4-6-11/h2-6H,7-9H2,1H3,(H,16,21). The van der Waals surface area contributed by atoms with Crippen molar-refractivity contribution in [2.75, 3.05) is 12.3 Å². The highest BCUT2D eigenvalue weighted by atomic mass is 32.2. The molecule has 0 aliphatic rings. The van der Waals surface area contributed by atoms with Crippen LogP contribution in [-0.4, -0.2) is 38.0 Å². The lowest BCUT2D eigenvalue weighted by Crippen LogP contribution is -2.27. The van der Waals surface area contributed by atoms with E-state index in [0.29, 0.717) is 21.5 Å². The van der Waals surface area contributed by atoms with Gasteiger partial charge in [-0.25, -0.2) is 0 Å². The fourth-order valence-electron chi connectivity index (χ4n) is 2.00. The summed E-state index contributed by atoms with van der Waals surface area (Å²) in [7, 11) is 0. The molecule has 7 nitrogen and oxygen atoms in total. The van der Waals surface area contributed by atoms with Gasteiger partial charge in [0, 0.05) is 6.54 Å². The second-order valence-corrected chi connectivity index (χ2v) is 7.21. The molecule has 1 amide bonds. The van der Waals surface area contributed by atoms with Crippen LogP contribution in [0.3, 0.4) is 0 Å². The Bertz CT molecular complexity index is 907. The number of nitrogens with one attached hydrogen (secondary N) is 1. The summed E-state index contributed by atoms with van der Waals surface area (Å²) in [5.41, 5.74) is 1.20. The van der Waals surface area contributed by atoms with E-state index >= 15 is 0 Å². The Labute approximate surface area is 146 Å². The maximum absolute atomic E-state index is 11.9. The van der Waals surface area contributed by atoms with E-state index in [0.717, 1.165) is 6.42 Å². The Morgan fingerprint density at radius 1 is 1.29 bits per heavy atom. The van der Waals surface area contributed by atoms with Crippen LogP contribution in [0.4, 0.5) is 0 Å². The SMILES string of the molecule is Cc1nnc2sc(SCC(=O)NCCc3ccccc3)nn2c1=O. The third-order valence-corrected chi connectivity index (χ3v) is 5.27. The summed E-state index contributed by atoms with van der Waals surface area (Å²) in [5, 5.41) is 14.8. The lowest BCUT2D eigenvalue weighted by Gasteiger charge is -2.04. The van der Waals surface area contributed by atoms with E-state index in [1.807, 2.05) is 30.3 Å². The molecule has 0 aliphatic carbocycles. The molecule has 24 heavy (non-hydrogen) atoms. The average molecular weight is 361 g/mol. The van der Waals surface area contributed by atoms with Crippen molar-refractivity contribution in [3.8, 4) is 0 Å². The van der Waals surface area contributed by atoms with Gasteiger partial charge >= 0.3 is 0 Å². The van der Waals surface area contributed by atoms with Crippen molar-refractivity contribution < 1.29 is 4.79 Å². The number of nitrogens with zero attached hydrogens (tertiary/aromatic N) is 4. The number of benzene rings is 1. The molecule has 0 aliphatic heterocycles. The molecule has 0 saturated carbocycles. The van der Waals surface area contributed by atoms with Gasteiger partial charge < -0.3 is 5.32 Å². The summed E-state index contributed by atoms with van der Waals surface area (Å²) in [6.07, 6.45) is 0.794. The summed E-state index contributed by atoms with van der Waals surface area (Å²) < 4.78 is 1.84. The van der Waals surface area contributed by atoms with Crippen molar-refractivity contribution in [2.24, 2.45) is 0 Å². The third kappa shape index (κ3) is 3.98. The molecule has 0 bridgehead atoms. The van der Waals surface area contributed by atoms with Gasteiger partial charge in [-0.3, -0.25) is 9.59 Å². The molecule has 124 valence electrons. The predicted octanol–water partition coefficient (Wildman–Crippen LogP) is 1.31. The second kappa shape index (κ2) is 7.54. The van der Waals surface area contributed by atoms with Crippen molar-refractivity contribution in [1.29, 1.82) is 0 Å². The normalized spacial score (nSPS) is 10.9. The summed E-state index contributed by atoms with van der Waals surface area (Å²) in [6.45, 7) is 2.18. The van der Waals surface area contributed by atoms with Crippen molar-refractivity contribution >= 4 is 34.0 Å². The van der Waals surface area contributed by atoms with Crippen LogP contribution in [0.2, 0.25) is 0 Å². The minimum Gasteiger partial charge on any atom is -0.355 e. The average Bonchev–Trinajstić information content (AvgIpc) is 3.01. The largest absolute Gasteiger partial charge is 0.355 e. The van der Waals surface area contributed by atoms with Gasteiger partial charge in [0.1, 0.15) is 5.69 Å². The number of thioether (sulfide) groups is 1. The van der Waals surface area contributed by atoms with Crippen LogP contribution in [-0.2, 0) is 11.2 Å². The van der Waals surface area contributed by atoms with Crippen LogP contribution in [0.1, 0.15) is 11.3 Å². The first kappa shape index (κ1) is 16.6.